The van der Waals surface area contributed by atoms with Crippen molar-refractivity contribution < 1.29 is 19.0 Å². The molecule has 0 radical (unpaired) electrons. The van der Waals surface area contributed by atoms with Crippen LogP contribution in [-0.4, -0.2) is 29.3 Å². The number of aromatic nitrogens is 2. The molecule has 0 spiro atoms. The molecule has 1 aliphatic rings. The first-order valence-corrected chi connectivity index (χ1v) is 9.00. The van der Waals surface area contributed by atoms with E-state index in [2.05, 4.69) is 15.3 Å². The highest BCUT2D eigenvalue weighted by molar-refractivity contribution is 7.20. The van der Waals surface area contributed by atoms with Crippen LogP contribution in [0, 0.1) is 13.8 Å². The highest BCUT2D eigenvalue weighted by Gasteiger charge is 2.21. The fourth-order valence-electron chi connectivity index (χ4n) is 2.84. The van der Waals surface area contributed by atoms with Gasteiger partial charge in [0.1, 0.15) is 21.3 Å². The van der Waals surface area contributed by atoms with E-state index in [1.807, 2.05) is 32.0 Å². The Labute approximate surface area is 153 Å². The summed E-state index contributed by atoms with van der Waals surface area (Å²) in [4.78, 5) is 22.5. The summed E-state index contributed by atoms with van der Waals surface area (Å²) >= 11 is 1.32. The van der Waals surface area contributed by atoms with Crippen molar-refractivity contribution in [1.82, 2.24) is 9.97 Å². The molecule has 1 aliphatic heterocycles. The molecule has 3 aromatic rings. The molecule has 26 heavy (non-hydrogen) atoms. The summed E-state index contributed by atoms with van der Waals surface area (Å²) in [5.41, 5.74) is 1.63. The maximum Gasteiger partial charge on any atom is 0.348 e. The van der Waals surface area contributed by atoms with Gasteiger partial charge in [-0.25, -0.2) is 14.8 Å². The van der Waals surface area contributed by atoms with Crippen LogP contribution in [0.2, 0.25) is 0 Å². The van der Waals surface area contributed by atoms with Gasteiger partial charge in [-0.15, -0.1) is 11.3 Å². The Balaban J connectivity index is 1.78. The molecule has 0 fully saturated rings. The standard InChI is InChI=1S/C18H17N3O4S/c1-4-23-18(22)15-9(2)14-16(19-10(3)20-17(14)26-15)21-11-5-6-12-13(7-11)25-8-24-12/h5-7H,4,8H2,1-3H3,(H,19,20,21). The number of nitrogens with zero attached hydrogens (tertiary/aromatic N) is 2. The molecule has 2 aromatic heterocycles. The second-order valence-electron chi connectivity index (χ2n) is 5.77. The summed E-state index contributed by atoms with van der Waals surface area (Å²) in [6.07, 6.45) is 0. The molecule has 0 atom stereocenters. The normalized spacial score (nSPS) is 12.4. The number of thiophene rings is 1. The molecule has 0 aliphatic carbocycles. The van der Waals surface area contributed by atoms with Gasteiger partial charge in [0.05, 0.1) is 12.0 Å². The second-order valence-corrected chi connectivity index (χ2v) is 6.77. The van der Waals surface area contributed by atoms with Crippen LogP contribution in [0.15, 0.2) is 18.2 Å². The maximum atomic E-state index is 12.2. The van der Waals surface area contributed by atoms with Crippen LogP contribution in [-0.2, 0) is 4.74 Å². The smallest absolute Gasteiger partial charge is 0.348 e. The molecular formula is C18H17N3O4S. The summed E-state index contributed by atoms with van der Waals surface area (Å²) in [6, 6.07) is 5.60. The van der Waals surface area contributed by atoms with Gasteiger partial charge in [0.25, 0.3) is 0 Å². The molecule has 0 unspecified atom stereocenters. The molecule has 0 saturated carbocycles. The van der Waals surface area contributed by atoms with E-state index in [4.69, 9.17) is 14.2 Å². The minimum atomic E-state index is -0.334. The Kier molecular flexibility index (Phi) is 4.12. The lowest BCUT2D eigenvalue weighted by Gasteiger charge is -2.09. The number of esters is 1. The van der Waals surface area contributed by atoms with Crippen LogP contribution >= 0.6 is 11.3 Å². The molecule has 0 saturated heterocycles. The fraction of sp³-hybridized carbons (Fsp3) is 0.278. The van der Waals surface area contributed by atoms with Gasteiger partial charge in [-0.2, -0.15) is 0 Å². The van der Waals surface area contributed by atoms with Gasteiger partial charge >= 0.3 is 5.97 Å². The van der Waals surface area contributed by atoms with Crippen molar-refractivity contribution in [3.05, 3.63) is 34.5 Å². The average Bonchev–Trinajstić information content (AvgIpc) is 3.19. The summed E-state index contributed by atoms with van der Waals surface area (Å²) < 4.78 is 15.9. The number of benzene rings is 1. The fourth-order valence-corrected chi connectivity index (χ4v) is 3.96. The molecule has 4 rings (SSSR count). The van der Waals surface area contributed by atoms with Gasteiger partial charge < -0.3 is 19.5 Å². The zero-order valence-electron chi connectivity index (χ0n) is 14.6. The number of hydrogen-bond donors (Lipinski definition) is 1. The van der Waals surface area contributed by atoms with E-state index in [1.165, 1.54) is 11.3 Å². The lowest BCUT2D eigenvalue weighted by atomic mass is 10.2. The lowest BCUT2D eigenvalue weighted by molar-refractivity contribution is 0.0531. The number of nitrogens with one attached hydrogen (secondary N) is 1. The van der Waals surface area contributed by atoms with Gasteiger partial charge in [0, 0.05) is 11.8 Å². The Bertz CT molecular complexity index is 1020. The van der Waals surface area contributed by atoms with Crippen LogP contribution < -0.4 is 14.8 Å². The molecule has 0 amide bonds. The number of anilines is 2. The Hall–Kier alpha value is -2.87. The number of ether oxygens (including phenoxy) is 3. The van der Waals surface area contributed by atoms with E-state index in [0.717, 1.165) is 27.2 Å². The van der Waals surface area contributed by atoms with Crippen LogP contribution in [0.1, 0.15) is 28.0 Å². The van der Waals surface area contributed by atoms with E-state index in [1.54, 1.807) is 6.92 Å². The first-order chi connectivity index (χ1) is 12.6. The van der Waals surface area contributed by atoms with Crippen molar-refractivity contribution in [1.29, 1.82) is 0 Å². The van der Waals surface area contributed by atoms with Crippen LogP contribution in [0.25, 0.3) is 10.2 Å². The van der Waals surface area contributed by atoms with Gasteiger partial charge in [-0.05, 0) is 38.5 Å². The van der Waals surface area contributed by atoms with Crippen LogP contribution in [0.4, 0.5) is 11.5 Å². The molecular weight excluding hydrogens is 354 g/mol. The number of carbonyl (C=O) groups is 1. The third-order valence-electron chi connectivity index (χ3n) is 4.00. The minimum Gasteiger partial charge on any atom is -0.462 e. The summed E-state index contributed by atoms with van der Waals surface area (Å²) in [5.74, 6) is 2.34. The third kappa shape index (κ3) is 2.82. The monoisotopic (exact) mass is 371 g/mol. The van der Waals surface area contributed by atoms with Crippen molar-refractivity contribution in [3.63, 3.8) is 0 Å². The number of aryl methyl sites for hydroxylation is 2. The largest absolute Gasteiger partial charge is 0.462 e. The highest BCUT2D eigenvalue weighted by atomic mass is 32.1. The first kappa shape index (κ1) is 16.6. The molecule has 0 bridgehead atoms. The van der Waals surface area contributed by atoms with Crippen molar-refractivity contribution >= 4 is 39.0 Å². The molecule has 3 heterocycles. The zero-order valence-corrected chi connectivity index (χ0v) is 15.4. The highest BCUT2D eigenvalue weighted by Crippen LogP contribution is 2.38. The lowest BCUT2D eigenvalue weighted by Crippen LogP contribution is -2.03. The van der Waals surface area contributed by atoms with E-state index in [9.17, 15) is 4.79 Å². The predicted octanol–water partition coefficient (Wildman–Crippen LogP) is 3.96. The Morgan fingerprint density at radius 2 is 2.08 bits per heavy atom. The summed E-state index contributed by atoms with van der Waals surface area (Å²) in [5, 5.41) is 4.13. The minimum absolute atomic E-state index is 0.224. The maximum absolute atomic E-state index is 12.2. The van der Waals surface area contributed by atoms with Gasteiger partial charge in [-0.1, -0.05) is 0 Å². The quantitative estimate of drug-likeness (QED) is 0.695. The number of carbonyl (C=O) groups excluding carboxylic acids is 1. The SMILES string of the molecule is CCOC(=O)c1sc2nc(C)nc(Nc3ccc4c(c3)OCO4)c2c1C. The van der Waals surface area contributed by atoms with Crippen molar-refractivity contribution in [3.8, 4) is 11.5 Å². The van der Waals surface area contributed by atoms with Crippen molar-refractivity contribution in [2.45, 2.75) is 20.8 Å². The van der Waals surface area contributed by atoms with Crippen LogP contribution in [0.3, 0.4) is 0 Å². The van der Waals surface area contributed by atoms with Crippen molar-refractivity contribution in [2.24, 2.45) is 0 Å². The van der Waals surface area contributed by atoms with Crippen molar-refractivity contribution in [2.75, 3.05) is 18.7 Å². The van der Waals surface area contributed by atoms with E-state index in [-0.39, 0.29) is 12.8 Å². The zero-order chi connectivity index (χ0) is 18.3. The average molecular weight is 371 g/mol. The van der Waals surface area contributed by atoms with Gasteiger partial charge in [-0.3, -0.25) is 0 Å². The van der Waals surface area contributed by atoms with Crippen LogP contribution in [0.5, 0.6) is 11.5 Å². The summed E-state index contributed by atoms with van der Waals surface area (Å²) in [7, 11) is 0. The molecule has 8 heteroatoms. The molecule has 7 nitrogen and oxygen atoms in total. The second kappa shape index (κ2) is 6.45. The van der Waals surface area contributed by atoms with Gasteiger partial charge in [0.15, 0.2) is 11.5 Å². The topological polar surface area (TPSA) is 82.6 Å². The van der Waals surface area contributed by atoms with E-state index < -0.39 is 0 Å². The number of rotatable bonds is 4. The number of fused-ring (bicyclic) bond motifs is 2. The Morgan fingerprint density at radius 3 is 2.88 bits per heavy atom. The van der Waals surface area contributed by atoms with E-state index >= 15 is 0 Å². The summed E-state index contributed by atoms with van der Waals surface area (Å²) in [6.45, 7) is 6.05. The number of hydrogen-bond acceptors (Lipinski definition) is 8. The molecule has 1 aromatic carbocycles. The third-order valence-corrected chi connectivity index (χ3v) is 5.16. The predicted molar refractivity (Wildman–Crippen MR) is 98.7 cm³/mol. The first-order valence-electron chi connectivity index (χ1n) is 8.18. The Morgan fingerprint density at radius 1 is 1.27 bits per heavy atom. The molecule has 1 N–H and O–H groups in total. The van der Waals surface area contributed by atoms with E-state index in [0.29, 0.717) is 28.9 Å². The van der Waals surface area contributed by atoms with Gasteiger partial charge in [0.2, 0.25) is 6.79 Å². The molecule has 134 valence electrons.